The number of allylic oxidation sites excluding steroid dienone is 3. The molecule has 0 amide bonds. The van der Waals surface area contributed by atoms with Gasteiger partial charge in [0.05, 0.1) is 34.1 Å². The van der Waals surface area contributed by atoms with Crippen LogP contribution in [0.5, 0.6) is 0 Å². The first kappa shape index (κ1) is 51.0. The van der Waals surface area contributed by atoms with Gasteiger partial charge in [0.25, 0.3) is 0 Å². The van der Waals surface area contributed by atoms with Crippen LogP contribution in [-0.4, -0.2) is 82.8 Å². The average molecular weight is 1140 g/mol. The number of aromatic nitrogens is 3. The number of aryl methyl sites for hydroxylation is 3. The third kappa shape index (κ3) is 8.45. The molecule has 6 aliphatic rings. The molecule has 6 aromatic heterocycles. The van der Waals surface area contributed by atoms with Crippen LogP contribution in [0.15, 0.2) is 170 Å². The predicted molar refractivity (Wildman–Crippen MR) is 357 cm³/mol. The first-order valence-corrected chi connectivity index (χ1v) is 29.8. The number of hydrogen-bond donors (Lipinski definition) is 0. The lowest BCUT2D eigenvalue weighted by Gasteiger charge is -2.44. The largest absolute Gasteiger partial charge is 0.450 e. The van der Waals surface area contributed by atoms with E-state index in [1.165, 1.54) is 44.7 Å². The number of anilines is 7. The van der Waals surface area contributed by atoms with Crippen LogP contribution >= 0.6 is 0 Å². The lowest BCUT2D eigenvalue weighted by Crippen LogP contribution is -2.59. The summed E-state index contributed by atoms with van der Waals surface area (Å²) in [4.78, 5) is 26.8. The number of benzene rings is 4. The topological polar surface area (TPSA) is 107 Å². The second-order valence-corrected chi connectivity index (χ2v) is 23.6. The fraction of sp³-hybridized carbons (Fsp3) is 0.250. The van der Waals surface area contributed by atoms with Crippen molar-refractivity contribution in [3.05, 3.63) is 190 Å². The molecule has 16 rings (SSSR count). The van der Waals surface area contributed by atoms with Crippen LogP contribution in [0.3, 0.4) is 0 Å². The summed E-state index contributed by atoms with van der Waals surface area (Å²) in [5.74, 6) is 0. The fourth-order valence-electron chi connectivity index (χ4n) is 13.9. The molecule has 0 aliphatic carbocycles. The van der Waals surface area contributed by atoms with Gasteiger partial charge in [-0.1, -0.05) is 75.1 Å². The van der Waals surface area contributed by atoms with Crippen LogP contribution in [0, 0.1) is 20.8 Å². The van der Waals surface area contributed by atoms with Gasteiger partial charge < -0.3 is 42.7 Å². The highest BCUT2D eigenvalue weighted by Gasteiger charge is 2.46. The van der Waals surface area contributed by atoms with Crippen molar-refractivity contribution in [3.8, 4) is 0 Å². The van der Waals surface area contributed by atoms with E-state index in [0.717, 1.165) is 84.0 Å². The molecule has 0 saturated carbocycles. The molecule has 15 nitrogen and oxygen atoms in total. The minimum atomic E-state index is -2.24. The average Bonchev–Trinajstić information content (AvgIpc) is 1.63. The molecule has 6 aliphatic heterocycles. The van der Waals surface area contributed by atoms with E-state index in [1.807, 2.05) is 71.0 Å². The Morgan fingerprint density at radius 1 is 0.395 bits per heavy atom. The van der Waals surface area contributed by atoms with Crippen molar-refractivity contribution >= 4 is 129 Å². The summed E-state index contributed by atoms with van der Waals surface area (Å²) < 4.78 is 43.0. The van der Waals surface area contributed by atoms with Crippen molar-refractivity contribution < 1.29 is 17.4 Å². The molecule has 18 heteroatoms. The fourth-order valence-corrected chi connectivity index (χ4v) is 13.9. The lowest BCUT2D eigenvalue weighted by molar-refractivity contribution is 0.435. The molecule has 0 N–H and O–H groups in total. The maximum absolute atomic E-state index is 8.08. The van der Waals surface area contributed by atoms with Gasteiger partial charge in [0.1, 0.15) is 35.5 Å². The second kappa shape index (κ2) is 20.7. The number of para-hydroxylation sites is 7. The summed E-state index contributed by atoms with van der Waals surface area (Å²) in [5.41, 5.74) is 22.1. The Bertz CT molecular complexity index is 4550. The minimum absolute atomic E-state index is 0.0377. The molecule has 3 atom stereocenters. The Morgan fingerprint density at radius 3 is 1.12 bits per heavy atom. The maximum atomic E-state index is 8.08. The smallest absolute Gasteiger partial charge is 0.353 e. The Morgan fingerprint density at radius 2 is 0.721 bits per heavy atom. The van der Waals surface area contributed by atoms with Gasteiger partial charge in [-0.2, -0.15) is 0 Å². The zero-order valence-corrected chi connectivity index (χ0v) is 51.1. The van der Waals surface area contributed by atoms with Crippen molar-refractivity contribution in [1.82, 2.24) is 29.7 Å². The number of pyridine rings is 3. The number of hydrogen-bond acceptors (Lipinski definition) is 15. The highest BCUT2D eigenvalue weighted by atomic mass is 16.4. The summed E-state index contributed by atoms with van der Waals surface area (Å²) in [6.45, 7) is 23.0. The molecule has 0 bridgehead atoms. The van der Waals surface area contributed by atoms with Crippen molar-refractivity contribution in [2.45, 2.75) is 101 Å². The molecule has 86 heavy (non-hydrogen) atoms. The number of fused-ring (bicyclic) bond motifs is 12. The van der Waals surface area contributed by atoms with Crippen LogP contribution in [0.1, 0.15) is 79.4 Å². The van der Waals surface area contributed by atoms with E-state index in [-0.39, 0.29) is 39.0 Å². The molecule has 12 heterocycles. The molecule has 0 saturated heterocycles. The van der Waals surface area contributed by atoms with Crippen LogP contribution < -0.4 is 46.7 Å². The number of nitrogens with zero attached hydrogens (tertiary/aromatic N) is 12. The van der Waals surface area contributed by atoms with Gasteiger partial charge in [-0.15, -0.1) is 0 Å². The molecule has 0 spiro atoms. The summed E-state index contributed by atoms with van der Waals surface area (Å²) in [7, 11) is 2.15. The van der Waals surface area contributed by atoms with E-state index in [0.29, 0.717) is 17.1 Å². The van der Waals surface area contributed by atoms with Crippen LogP contribution in [0.25, 0.3) is 51.5 Å². The Balaban J connectivity index is 0.000000117. The molecule has 10 aromatic rings. The Hall–Kier alpha value is -9.44. The second-order valence-electron chi connectivity index (χ2n) is 23.6. The predicted octanol–water partition coefficient (Wildman–Crippen LogP) is 13.3. The zero-order valence-electron chi connectivity index (χ0n) is 54.1. The van der Waals surface area contributed by atoms with Crippen LogP contribution in [-0.2, 0) is 0 Å². The standard InChI is InChI=1S/C26H25BN4O.2C21H23BN4O/c1-17-14-15-21-22-16-18(2)31(27(4)25(22)32-26(21)28-17)30-19(3)29(20-10-6-5-7-11-20)23-12-8-9-13-24(23)30;2*1-13-10-11-16-17-12-14(2)26(22(4)20(17)27-21(16)23-13)25-15(3)24(5)18-8-6-7-9-19(18)25/h5-16,19H,1-4H3;2*6-12,15H,1-5H3/t19-;2*15-/m000/s1/i;5D3;. The maximum Gasteiger partial charge on any atom is 0.353 e. The van der Waals surface area contributed by atoms with Gasteiger partial charge in [-0.25, -0.2) is 15.0 Å². The summed E-state index contributed by atoms with van der Waals surface area (Å²) in [6.07, 6.45) is 6.51. The molecule has 4 aromatic carbocycles. The van der Waals surface area contributed by atoms with Crippen molar-refractivity contribution in [1.29, 1.82) is 0 Å². The highest BCUT2D eigenvalue weighted by Crippen LogP contribution is 2.47. The third-order valence-electron chi connectivity index (χ3n) is 18.1. The summed E-state index contributed by atoms with van der Waals surface area (Å²) >= 11 is 0. The highest BCUT2D eigenvalue weighted by molar-refractivity contribution is 6.71. The van der Waals surface area contributed by atoms with E-state index in [9.17, 15) is 0 Å². The lowest BCUT2D eigenvalue weighted by atomic mass is 9.58. The number of hydrazine groups is 3. The van der Waals surface area contributed by atoms with Gasteiger partial charge in [-0.3, -0.25) is 15.0 Å². The Labute approximate surface area is 509 Å². The SMILES string of the molecule is CB1c2oc3nc(C)ccc3c2C=C(C)N1N1c2ccccc2N(C)[C@@H]1C.CB1c2oc3nc(C)ccc3c2C=C(C)N1N1c2ccccc2N(c2ccccc2)[C@@H]1C.[2H]C([2H])([2H])N1c2ccccc2N(N2B(C)c3oc4nc(C)ccc4c3C=C2C)[C@H]1C. The van der Waals surface area contributed by atoms with E-state index in [4.69, 9.17) is 17.4 Å². The van der Waals surface area contributed by atoms with E-state index < -0.39 is 6.98 Å². The van der Waals surface area contributed by atoms with Gasteiger partial charge in [0, 0.05) is 90.8 Å². The monoisotopic (exact) mass is 1140 g/mol. The van der Waals surface area contributed by atoms with Gasteiger partial charge >= 0.3 is 20.5 Å². The van der Waals surface area contributed by atoms with Crippen molar-refractivity contribution in [2.75, 3.05) is 43.7 Å². The van der Waals surface area contributed by atoms with Gasteiger partial charge in [0.2, 0.25) is 17.1 Å². The summed E-state index contributed by atoms with van der Waals surface area (Å²) in [5, 5.41) is 10.0. The summed E-state index contributed by atoms with van der Waals surface area (Å²) in [6, 6.07) is 47.8. The van der Waals surface area contributed by atoms with Crippen molar-refractivity contribution in [2.24, 2.45) is 0 Å². The van der Waals surface area contributed by atoms with Crippen molar-refractivity contribution in [3.63, 3.8) is 0 Å². The Kier molecular flexibility index (Phi) is 12.3. The van der Waals surface area contributed by atoms with E-state index in [1.54, 1.807) is 0 Å². The molecule has 0 fully saturated rings. The zero-order chi connectivity index (χ0) is 62.2. The molecule has 0 radical (unpaired) electrons. The first-order chi connectivity index (χ1) is 42.7. The normalized spacial score (nSPS) is 19.1. The van der Waals surface area contributed by atoms with Crippen LogP contribution in [0.4, 0.5) is 39.8 Å². The molecular weight excluding hydrogens is 1070 g/mol. The van der Waals surface area contributed by atoms with E-state index >= 15 is 0 Å². The first-order valence-electron chi connectivity index (χ1n) is 31.3. The minimum Gasteiger partial charge on any atom is -0.450 e. The third-order valence-corrected chi connectivity index (χ3v) is 18.1. The number of rotatable bonds is 4. The van der Waals surface area contributed by atoms with Gasteiger partial charge in [0.15, 0.2) is 0 Å². The molecule has 430 valence electrons. The van der Waals surface area contributed by atoms with Crippen LogP contribution in [0.2, 0.25) is 20.5 Å². The van der Waals surface area contributed by atoms with Gasteiger partial charge in [-0.05, 0) is 165 Å². The quantitative estimate of drug-likeness (QED) is 0.156. The molecule has 0 unspecified atom stereocenters. The number of furan rings is 3. The van der Waals surface area contributed by atoms with E-state index in [2.05, 4.69) is 231 Å². The molecular formula is C68H71B3N12O3.